The number of carboxylic acids is 1. The monoisotopic (exact) mass is 359 g/mol. The highest BCUT2D eigenvalue weighted by molar-refractivity contribution is 6.01. The van der Waals surface area contributed by atoms with E-state index in [0.717, 1.165) is 11.1 Å². The molecule has 2 rings (SSSR count). The minimum atomic E-state index is -0.863. The number of benzene rings is 1. The Balaban J connectivity index is 2.52. The highest BCUT2D eigenvalue weighted by Gasteiger charge is 2.32. The number of carbonyl (C=O) groups excluding carboxylic acids is 2. The second-order valence-corrected chi connectivity index (χ2v) is 6.32. The number of methoxy groups -OCH3 is 1. The predicted molar refractivity (Wildman–Crippen MR) is 93.5 cm³/mol. The molecule has 7 heteroatoms. The molecule has 1 atom stereocenters. The van der Waals surface area contributed by atoms with Crippen LogP contribution in [-0.2, 0) is 27.4 Å². The summed E-state index contributed by atoms with van der Waals surface area (Å²) in [5.74, 6) is -1.36. The van der Waals surface area contributed by atoms with Gasteiger partial charge in [0.1, 0.15) is 12.4 Å². The molecular weight excluding hydrogens is 338 g/mol. The first-order chi connectivity index (χ1) is 12.3. The Morgan fingerprint density at radius 1 is 1.50 bits per heavy atom. The van der Waals surface area contributed by atoms with E-state index in [2.05, 4.69) is 4.99 Å². The molecule has 0 saturated carbocycles. The number of aliphatic carboxylic acids is 1. The Kier molecular flexibility index (Phi) is 5.95. The molecule has 1 aromatic rings. The van der Waals surface area contributed by atoms with Crippen molar-refractivity contribution in [2.45, 2.75) is 40.2 Å². The molecule has 0 spiro atoms. The molecule has 26 heavy (non-hydrogen) atoms. The van der Waals surface area contributed by atoms with E-state index >= 15 is 0 Å². The van der Waals surface area contributed by atoms with E-state index in [0.29, 0.717) is 29.7 Å². The number of allylic oxidation sites excluding steroid dienone is 2. The van der Waals surface area contributed by atoms with Crippen LogP contribution in [0, 0.1) is 12.8 Å². The molecule has 0 aromatic heterocycles. The van der Waals surface area contributed by atoms with Crippen LogP contribution in [0.3, 0.4) is 0 Å². The van der Waals surface area contributed by atoms with Crippen LogP contribution in [0.2, 0.25) is 0 Å². The topological polar surface area (TPSA) is 102 Å². The molecule has 1 heterocycles. The van der Waals surface area contributed by atoms with Crippen molar-refractivity contribution < 1.29 is 29.0 Å². The summed E-state index contributed by atoms with van der Waals surface area (Å²) in [6.07, 6.45) is 4.08. The molecule has 0 saturated heterocycles. The summed E-state index contributed by atoms with van der Waals surface area (Å²) in [4.78, 5) is 37.7. The zero-order chi connectivity index (χ0) is 19.4. The number of nitrogens with zero attached hydrogens (tertiary/aromatic N) is 1. The lowest BCUT2D eigenvalue weighted by Gasteiger charge is -2.16. The number of esters is 1. The van der Waals surface area contributed by atoms with Crippen LogP contribution in [0.1, 0.15) is 47.3 Å². The zero-order valence-electron chi connectivity index (χ0n) is 15.2. The third kappa shape index (κ3) is 3.68. The molecule has 138 valence electrons. The Hall–Kier alpha value is -2.92. The average Bonchev–Trinajstić information content (AvgIpc) is 2.97. The van der Waals surface area contributed by atoms with E-state index in [1.165, 1.54) is 13.2 Å². The first-order valence-electron chi connectivity index (χ1n) is 8.17. The van der Waals surface area contributed by atoms with Crippen LogP contribution < -0.4 is 4.74 Å². The molecule has 1 unspecified atom stereocenters. The van der Waals surface area contributed by atoms with Crippen molar-refractivity contribution in [1.82, 2.24) is 0 Å². The normalized spacial score (nSPS) is 14.3. The van der Waals surface area contributed by atoms with Gasteiger partial charge in [-0.3, -0.25) is 4.79 Å². The third-order valence-electron chi connectivity index (χ3n) is 4.51. The molecule has 1 aromatic carbocycles. The highest BCUT2D eigenvalue weighted by Crippen LogP contribution is 2.42. The maximum absolute atomic E-state index is 12.1. The first-order valence-corrected chi connectivity index (χ1v) is 8.17. The summed E-state index contributed by atoms with van der Waals surface area (Å²) < 4.78 is 10.6. The maximum atomic E-state index is 12.1. The number of carbonyl (C=O) groups is 2. The van der Waals surface area contributed by atoms with Gasteiger partial charge in [0.05, 0.1) is 24.3 Å². The van der Waals surface area contributed by atoms with Crippen molar-refractivity contribution in [2.24, 2.45) is 10.9 Å². The van der Waals surface area contributed by atoms with Crippen LogP contribution in [0.15, 0.2) is 16.6 Å². The van der Waals surface area contributed by atoms with Gasteiger partial charge >= 0.3 is 11.9 Å². The molecule has 0 radical (unpaired) electrons. The summed E-state index contributed by atoms with van der Waals surface area (Å²) in [6, 6.07) is 0. The van der Waals surface area contributed by atoms with Crippen molar-refractivity contribution in [1.29, 1.82) is 0 Å². The number of fused-ring (bicyclic) bond motifs is 1. The second-order valence-electron chi connectivity index (χ2n) is 6.32. The van der Waals surface area contributed by atoms with Crippen LogP contribution >= 0.6 is 0 Å². The third-order valence-corrected chi connectivity index (χ3v) is 4.51. The van der Waals surface area contributed by atoms with Crippen molar-refractivity contribution >= 4 is 23.7 Å². The maximum Gasteiger partial charge on any atom is 0.341 e. The van der Waals surface area contributed by atoms with E-state index in [9.17, 15) is 14.4 Å². The lowest BCUT2D eigenvalue weighted by Crippen LogP contribution is -2.09. The van der Waals surface area contributed by atoms with Crippen LogP contribution in [0.25, 0.3) is 0 Å². The van der Waals surface area contributed by atoms with Gasteiger partial charge in [-0.2, -0.15) is 4.99 Å². The Bertz CT molecular complexity index is 833. The van der Waals surface area contributed by atoms with Crippen molar-refractivity contribution in [3.63, 3.8) is 0 Å². The smallest absolute Gasteiger partial charge is 0.341 e. The fourth-order valence-corrected chi connectivity index (χ4v) is 3.13. The summed E-state index contributed by atoms with van der Waals surface area (Å²) >= 11 is 0. The Morgan fingerprint density at radius 2 is 2.19 bits per heavy atom. The number of carboxylic acid groups (broad SMARTS) is 1. The summed E-state index contributed by atoms with van der Waals surface area (Å²) in [7, 11) is 1.51. The fraction of sp³-hybridized carbons (Fsp3) is 0.421. The van der Waals surface area contributed by atoms with Gasteiger partial charge < -0.3 is 14.6 Å². The lowest BCUT2D eigenvalue weighted by molar-refractivity contribution is -0.141. The van der Waals surface area contributed by atoms with E-state index in [1.807, 2.05) is 19.9 Å². The molecule has 0 fully saturated rings. The van der Waals surface area contributed by atoms with E-state index in [1.54, 1.807) is 6.92 Å². The molecule has 0 bridgehead atoms. The molecule has 0 aliphatic carbocycles. The summed E-state index contributed by atoms with van der Waals surface area (Å²) in [5, 5.41) is 9.03. The predicted octanol–water partition coefficient (Wildman–Crippen LogP) is 3.24. The van der Waals surface area contributed by atoms with Gasteiger partial charge in [0, 0.05) is 11.1 Å². The molecular formula is C19H21NO6. The number of hydrogen-bond acceptors (Lipinski definition) is 6. The van der Waals surface area contributed by atoms with Gasteiger partial charge in [0.15, 0.2) is 0 Å². The minimum Gasteiger partial charge on any atom is -0.496 e. The van der Waals surface area contributed by atoms with Crippen LogP contribution in [-0.4, -0.2) is 30.2 Å². The number of aliphatic imine (C=N–C) groups is 1. The van der Waals surface area contributed by atoms with Gasteiger partial charge in [-0.1, -0.05) is 18.6 Å². The Labute approximate surface area is 151 Å². The molecule has 0 amide bonds. The van der Waals surface area contributed by atoms with Crippen LogP contribution in [0.4, 0.5) is 5.69 Å². The van der Waals surface area contributed by atoms with Crippen molar-refractivity contribution in [3.05, 3.63) is 33.9 Å². The molecule has 1 N–H and O–H groups in total. The van der Waals surface area contributed by atoms with Gasteiger partial charge in [-0.25, -0.2) is 9.59 Å². The SMILES string of the molecule is COc1c(C)c2c(c(N=C=O)c1C/C=C(\C)CC(C)C(=O)O)C(=O)OC2. The standard InChI is InChI=1S/C19H21NO6/c1-10(7-11(2)18(22)23)5-6-13-16(20-9-21)15-14(8-26-19(15)24)12(3)17(13)25-4/h5,11H,6-8H2,1-4H3,(H,22,23)/b10-5+. The average molecular weight is 359 g/mol. The van der Waals surface area contributed by atoms with E-state index in [4.69, 9.17) is 14.6 Å². The van der Waals surface area contributed by atoms with E-state index < -0.39 is 17.9 Å². The largest absolute Gasteiger partial charge is 0.496 e. The van der Waals surface area contributed by atoms with Crippen molar-refractivity contribution in [3.8, 4) is 5.75 Å². The van der Waals surface area contributed by atoms with Gasteiger partial charge in [0.25, 0.3) is 0 Å². The van der Waals surface area contributed by atoms with Gasteiger partial charge in [-0.05, 0) is 32.3 Å². The fourth-order valence-electron chi connectivity index (χ4n) is 3.13. The highest BCUT2D eigenvalue weighted by atomic mass is 16.5. The Morgan fingerprint density at radius 3 is 2.77 bits per heavy atom. The quantitative estimate of drug-likeness (QED) is 0.347. The summed E-state index contributed by atoms with van der Waals surface area (Å²) in [6.45, 7) is 5.41. The molecule has 1 aliphatic heterocycles. The minimum absolute atomic E-state index is 0.114. The number of rotatable bonds is 7. The number of hydrogen-bond donors (Lipinski definition) is 1. The molecule has 7 nitrogen and oxygen atoms in total. The number of ether oxygens (including phenoxy) is 2. The number of cyclic esters (lactones) is 1. The van der Waals surface area contributed by atoms with Gasteiger partial charge in [0.2, 0.25) is 6.08 Å². The number of isocyanates is 1. The van der Waals surface area contributed by atoms with Gasteiger partial charge in [-0.15, -0.1) is 0 Å². The zero-order valence-corrected chi connectivity index (χ0v) is 15.2. The van der Waals surface area contributed by atoms with Crippen LogP contribution in [0.5, 0.6) is 5.75 Å². The van der Waals surface area contributed by atoms with E-state index in [-0.39, 0.29) is 17.9 Å². The lowest BCUT2D eigenvalue weighted by atomic mass is 9.93. The van der Waals surface area contributed by atoms with Crippen molar-refractivity contribution in [2.75, 3.05) is 7.11 Å². The first kappa shape index (κ1) is 19.4. The summed E-state index contributed by atoms with van der Waals surface area (Å²) in [5.41, 5.74) is 3.35. The molecule has 1 aliphatic rings. The second kappa shape index (κ2) is 7.97.